The summed E-state index contributed by atoms with van der Waals surface area (Å²) >= 11 is 0. The monoisotopic (exact) mass is 260 g/mol. The minimum atomic E-state index is -1.22. The third-order valence-corrected chi connectivity index (χ3v) is 3.23. The second-order valence-electron chi connectivity index (χ2n) is 4.48. The molecule has 0 fully saturated rings. The van der Waals surface area contributed by atoms with Crippen LogP contribution in [0.15, 0.2) is 34.4 Å². The van der Waals surface area contributed by atoms with E-state index in [1.807, 2.05) is 13.0 Å². The highest BCUT2D eigenvalue weighted by atomic mass is 16.4. The van der Waals surface area contributed by atoms with Gasteiger partial charge in [0.2, 0.25) is 0 Å². The molecule has 1 aliphatic rings. The lowest BCUT2D eigenvalue weighted by Gasteiger charge is -2.19. The van der Waals surface area contributed by atoms with E-state index in [4.69, 9.17) is 5.11 Å². The molecule has 100 valence electrons. The molecule has 1 aromatic rings. The van der Waals surface area contributed by atoms with Crippen LogP contribution < -0.4 is 10.9 Å². The molecule has 0 saturated carbocycles. The van der Waals surface area contributed by atoms with Crippen molar-refractivity contribution in [3.63, 3.8) is 0 Å². The van der Waals surface area contributed by atoms with Crippen molar-refractivity contribution >= 4 is 11.5 Å². The number of carbonyl (C=O) groups is 1. The summed E-state index contributed by atoms with van der Waals surface area (Å²) in [5.41, 5.74) is 3.01. The first kappa shape index (κ1) is 13.1. The summed E-state index contributed by atoms with van der Waals surface area (Å²) in [4.78, 5) is 24.9. The maximum Gasteiger partial charge on any atom is 0.341 e. The van der Waals surface area contributed by atoms with Crippen LogP contribution in [0, 0.1) is 0 Å². The molecule has 0 unspecified atom stereocenters. The number of carboxylic acid groups (broad SMARTS) is 1. The molecule has 2 rings (SSSR count). The number of aromatic amines is 1. The first-order valence-corrected chi connectivity index (χ1v) is 6.13. The summed E-state index contributed by atoms with van der Waals surface area (Å²) in [6.07, 6.45) is 4.52. The van der Waals surface area contributed by atoms with Crippen molar-refractivity contribution in [3.8, 4) is 0 Å². The minimum absolute atomic E-state index is 0.241. The van der Waals surface area contributed by atoms with Crippen LogP contribution in [0.4, 0.5) is 0 Å². The van der Waals surface area contributed by atoms with Crippen LogP contribution in [0.1, 0.15) is 36.2 Å². The second-order valence-corrected chi connectivity index (χ2v) is 4.48. The molecule has 0 atom stereocenters. The number of hydrogen-bond acceptors (Lipinski definition) is 3. The van der Waals surface area contributed by atoms with Crippen molar-refractivity contribution in [3.05, 3.63) is 51.1 Å². The Hall–Kier alpha value is -2.30. The van der Waals surface area contributed by atoms with Crippen LogP contribution in [-0.2, 0) is 0 Å². The standard InChI is InChI=1S/C14H16N2O3/c1-3-9-4-11(8(2)15-6-9)10-5-12(14(18)19)13(17)16-7-10/h4-5,7,15H,3,6H2,1-2H3,(H,16,17)(H,18,19). The zero-order valence-electron chi connectivity index (χ0n) is 10.9. The summed E-state index contributed by atoms with van der Waals surface area (Å²) in [5.74, 6) is -1.22. The molecule has 0 amide bonds. The Bertz CT molecular complexity index is 638. The predicted molar refractivity (Wildman–Crippen MR) is 73.0 cm³/mol. The highest BCUT2D eigenvalue weighted by molar-refractivity contribution is 5.89. The number of aromatic nitrogens is 1. The molecule has 5 heteroatoms. The zero-order chi connectivity index (χ0) is 14.0. The highest BCUT2D eigenvalue weighted by Crippen LogP contribution is 2.24. The van der Waals surface area contributed by atoms with E-state index in [1.54, 1.807) is 6.20 Å². The number of hydrogen-bond donors (Lipinski definition) is 3. The van der Waals surface area contributed by atoms with Gasteiger partial charge >= 0.3 is 5.97 Å². The molecule has 5 nitrogen and oxygen atoms in total. The van der Waals surface area contributed by atoms with Crippen molar-refractivity contribution in [1.29, 1.82) is 0 Å². The van der Waals surface area contributed by atoms with Gasteiger partial charge in [-0.15, -0.1) is 0 Å². The van der Waals surface area contributed by atoms with Crippen molar-refractivity contribution in [2.45, 2.75) is 20.3 Å². The SMILES string of the molecule is CCC1=CC(c2c[nH]c(=O)c(C(=O)O)c2)=C(C)NC1. The largest absolute Gasteiger partial charge is 0.477 e. The molecule has 3 N–H and O–H groups in total. The summed E-state index contributed by atoms with van der Waals surface area (Å²) < 4.78 is 0. The van der Waals surface area contributed by atoms with Gasteiger partial charge in [-0.3, -0.25) is 4.79 Å². The van der Waals surface area contributed by atoms with E-state index < -0.39 is 11.5 Å². The lowest BCUT2D eigenvalue weighted by molar-refractivity contribution is 0.0695. The maximum absolute atomic E-state index is 11.4. The lowest BCUT2D eigenvalue weighted by atomic mass is 9.97. The molecule has 19 heavy (non-hydrogen) atoms. The summed E-state index contributed by atoms with van der Waals surface area (Å²) in [6, 6.07) is 1.41. The van der Waals surface area contributed by atoms with Gasteiger partial charge in [0.15, 0.2) is 0 Å². The number of rotatable bonds is 3. The minimum Gasteiger partial charge on any atom is -0.477 e. The number of aromatic carboxylic acids is 1. The van der Waals surface area contributed by atoms with Gasteiger partial charge in [0, 0.05) is 29.6 Å². The Morgan fingerprint density at radius 2 is 2.21 bits per heavy atom. The summed E-state index contributed by atoms with van der Waals surface area (Å²) in [6.45, 7) is 4.81. The van der Waals surface area contributed by atoms with E-state index in [2.05, 4.69) is 17.2 Å². The number of carboxylic acids is 1. The molecule has 0 spiro atoms. The molecular formula is C14H16N2O3. The first-order chi connectivity index (χ1) is 9.02. The molecule has 0 radical (unpaired) electrons. The van der Waals surface area contributed by atoms with Crippen molar-refractivity contribution in [2.24, 2.45) is 0 Å². The first-order valence-electron chi connectivity index (χ1n) is 6.13. The average molecular weight is 260 g/mol. The van der Waals surface area contributed by atoms with E-state index >= 15 is 0 Å². The quantitative estimate of drug-likeness (QED) is 0.773. The van der Waals surface area contributed by atoms with E-state index in [9.17, 15) is 9.59 Å². The Kier molecular flexibility index (Phi) is 3.55. The fourth-order valence-corrected chi connectivity index (χ4v) is 2.03. The van der Waals surface area contributed by atoms with Crippen LogP contribution >= 0.6 is 0 Å². The Morgan fingerprint density at radius 3 is 2.84 bits per heavy atom. The van der Waals surface area contributed by atoms with Gasteiger partial charge in [-0.1, -0.05) is 18.6 Å². The molecule has 0 aliphatic carbocycles. The average Bonchev–Trinajstić information content (AvgIpc) is 2.40. The molecule has 0 bridgehead atoms. The van der Waals surface area contributed by atoms with Crippen molar-refractivity contribution < 1.29 is 9.90 Å². The number of pyridine rings is 1. The van der Waals surface area contributed by atoms with Gasteiger partial charge in [0.1, 0.15) is 5.56 Å². The second kappa shape index (κ2) is 5.14. The number of H-pyrrole nitrogens is 1. The predicted octanol–water partition coefficient (Wildman–Crippen LogP) is 1.74. The van der Waals surface area contributed by atoms with Gasteiger partial charge in [-0.05, 0) is 19.4 Å². The van der Waals surface area contributed by atoms with Gasteiger partial charge in [0.05, 0.1) is 0 Å². The zero-order valence-corrected chi connectivity index (χ0v) is 10.9. The van der Waals surface area contributed by atoms with E-state index in [1.165, 1.54) is 11.6 Å². The number of nitrogens with one attached hydrogen (secondary N) is 2. The van der Waals surface area contributed by atoms with Gasteiger partial charge in [-0.25, -0.2) is 4.79 Å². The molecular weight excluding hydrogens is 244 g/mol. The number of dihydropyridines is 1. The Labute approximate surface area is 110 Å². The Balaban J connectivity index is 2.53. The molecule has 1 aliphatic heterocycles. The van der Waals surface area contributed by atoms with Gasteiger partial charge < -0.3 is 15.4 Å². The normalized spacial score (nSPS) is 14.9. The van der Waals surface area contributed by atoms with Crippen molar-refractivity contribution in [2.75, 3.05) is 6.54 Å². The van der Waals surface area contributed by atoms with Crippen LogP contribution in [0.3, 0.4) is 0 Å². The third-order valence-electron chi connectivity index (χ3n) is 3.23. The van der Waals surface area contributed by atoms with Crippen LogP contribution in [0.25, 0.3) is 5.57 Å². The van der Waals surface area contributed by atoms with Crippen LogP contribution in [-0.4, -0.2) is 22.6 Å². The maximum atomic E-state index is 11.4. The fraction of sp³-hybridized carbons (Fsp3) is 0.286. The molecule has 0 aromatic carbocycles. The molecule has 1 aromatic heterocycles. The Morgan fingerprint density at radius 1 is 1.47 bits per heavy atom. The van der Waals surface area contributed by atoms with E-state index in [0.29, 0.717) is 5.56 Å². The molecule has 0 saturated heterocycles. The van der Waals surface area contributed by atoms with Gasteiger partial charge in [-0.2, -0.15) is 0 Å². The van der Waals surface area contributed by atoms with Gasteiger partial charge in [0.25, 0.3) is 5.56 Å². The summed E-state index contributed by atoms with van der Waals surface area (Å²) in [5, 5.41) is 12.3. The van der Waals surface area contributed by atoms with E-state index in [-0.39, 0.29) is 5.56 Å². The third kappa shape index (κ3) is 2.59. The fourth-order valence-electron chi connectivity index (χ4n) is 2.03. The van der Waals surface area contributed by atoms with Crippen LogP contribution in [0.2, 0.25) is 0 Å². The lowest BCUT2D eigenvalue weighted by Crippen LogP contribution is -2.21. The smallest absolute Gasteiger partial charge is 0.341 e. The van der Waals surface area contributed by atoms with E-state index in [0.717, 1.165) is 24.2 Å². The topological polar surface area (TPSA) is 82.2 Å². The number of allylic oxidation sites excluding steroid dienone is 3. The van der Waals surface area contributed by atoms with Crippen molar-refractivity contribution in [1.82, 2.24) is 10.3 Å². The highest BCUT2D eigenvalue weighted by Gasteiger charge is 2.14. The summed E-state index contributed by atoms with van der Waals surface area (Å²) in [7, 11) is 0. The van der Waals surface area contributed by atoms with Crippen LogP contribution in [0.5, 0.6) is 0 Å². The molecule has 2 heterocycles.